The van der Waals surface area contributed by atoms with Crippen molar-refractivity contribution in [2.24, 2.45) is 5.14 Å². The first-order valence-electron chi connectivity index (χ1n) is 9.37. The quantitative estimate of drug-likeness (QED) is 0.623. The maximum atomic E-state index is 13.2. The number of carbonyl (C=O) groups is 1. The van der Waals surface area contributed by atoms with Gasteiger partial charge < -0.3 is 14.8 Å². The molecule has 3 fully saturated rings. The van der Waals surface area contributed by atoms with E-state index in [0.717, 1.165) is 29.7 Å². The molecule has 1 saturated carbocycles. The number of anilines is 1. The minimum Gasteiger partial charge on any atom is -0.346 e. The first kappa shape index (κ1) is 16.9. The Morgan fingerprint density at radius 3 is 2.83 bits per heavy atom. The maximum Gasteiger partial charge on any atom is 0.256 e. The standard InChI is InChI=1S/C19H18N6O3S/c1-10-8-11(2-3-13(10)29(20,27)28)17(26)25-18-19(25)6-4-14(19)24(18)16-12-5-7-21-15(12)22-9-23-16/h2-3,5,7-9,14,18H,4,6H2,1H3,(H2,20,27,28)(H,21,22,23). The highest BCUT2D eigenvalue weighted by molar-refractivity contribution is 7.89. The number of nitrogens with zero attached hydrogens (tertiary/aromatic N) is 4. The molecule has 0 bridgehead atoms. The molecule has 4 heterocycles. The first-order chi connectivity index (χ1) is 13.8. The predicted octanol–water partition coefficient (Wildman–Crippen LogP) is 1.12. The summed E-state index contributed by atoms with van der Waals surface area (Å²) in [6, 6.07) is 6.76. The Hall–Kier alpha value is -2.98. The molecule has 0 radical (unpaired) electrons. The van der Waals surface area contributed by atoms with Crippen molar-refractivity contribution in [3.63, 3.8) is 0 Å². The minimum atomic E-state index is -3.81. The van der Waals surface area contributed by atoms with Gasteiger partial charge in [-0.2, -0.15) is 0 Å². The Morgan fingerprint density at radius 2 is 2.14 bits per heavy atom. The number of fused-ring (bicyclic) bond motifs is 1. The zero-order chi connectivity index (χ0) is 20.1. The fourth-order valence-corrected chi connectivity index (χ4v) is 5.95. The van der Waals surface area contributed by atoms with Crippen molar-refractivity contribution >= 4 is 32.8 Å². The van der Waals surface area contributed by atoms with Gasteiger partial charge in [-0.25, -0.2) is 23.5 Å². The lowest BCUT2D eigenvalue weighted by molar-refractivity contribution is 0.0825. The maximum absolute atomic E-state index is 13.2. The van der Waals surface area contributed by atoms with E-state index in [1.807, 2.05) is 17.2 Å². The molecule has 9 nitrogen and oxygen atoms in total. The van der Waals surface area contributed by atoms with Gasteiger partial charge in [0.05, 0.1) is 16.3 Å². The molecular formula is C19H18N6O3S. The summed E-state index contributed by atoms with van der Waals surface area (Å²) in [5.74, 6) is 0.753. The Balaban J connectivity index is 1.34. The lowest BCUT2D eigenvalue weighted by Crippen LogP contribution is -2.67. The van der Waals surface area contributed by atoms with E-state index in [1.54, 1.807) is 13.0 Å². The number of piperidine rings is 1. The van der Waals surface area contributed by atoms with Crippen LogP contribution in [0.15, 0.2) is 41.7 Å². The number of sulfonamides is 1. The molecule has 6 rings (SSSR count). The van der Waals surface area contributed by atoms with Crippen LogP contribution in [-0.2, 0) is 10.0 Å². The Kier molecular flexibility index (Phi) is 3.00. The van der Waals surface area contributed by atoms with Crippen molar-refractivity contribution in [2.45, 2.75) is 42.4 Å². The van der Waals surface area contributed by atoms with Crippen LogP contribution in [0, 0.1) is 6.92 Å². The highest BCUT2D eigenvalue weighted by Crippen LogP contribution is 2.68. The van der Waals surface area contributed by atoms with E-state index < -0.39 is 10.0 Å². The van der Waals surface area contributed by atoms with E-state index in [9.17, 15) is 13.2 Å². The van der Waals surface area contributed by atoms with Crippen LogP contribution in [0.1, 0.15) is 28.8 Å². The van der Waals surface area contributed by atoms with Gasteiger partial charge in [0.15, 0.2) is 0 Å². The van der Waals surface area contributed by atoms with Crippen LogP contribution in [0.3, 0.4) is 0 Å². The number of nitrogens with two attached hydrogens (primary N) is 1. The Labute approximate surface area is 166 Å². The monoisotopic (exact) mass is 410 g/mol. The molecule has 148 valence electrons. The van der Waals surface area contributed by atoms with E-state index >= 15 is 0 Å². The number of hydrogen-bond donors (Lipinski definition) is 2. The highest BCUT2D eigenvalue weighted by Gasteiger charge is 2.85. The number of hydrogen-bond acceptors (Lipinski definition) is 6. The molecule has 1 aromatic carbocycles. The average molecular weight is 410 g/mol. The van der Waals surface area contributed by atoms with Gasteiger partial charge in [0.1, 0.15) is 29.5 Å². The number of primary sulfonamides is 1. The van der Waals surface area contributed by atoms with Crippen LogP contribution < -0.4 is 10.0 Å². The van der Waals surface area contributed by atoms with Gasteiger partial charge in [-0.05, 0) is 49.6 Å². The molecule has 2 aliphatic heterocycles. The van der Waals surface area contributed by atoms with Gasteiger partial charge in [-0.3, -0.25) is 4.79 Å². The van der Waals surface area contributed by atoms with Gasteiger partial charge in [0.2, 0.25) is 10.0 Å². The second-order valence-corrected chi connectivity index (χ2v) is 9.49. The van der Waals surface area contributed by atoms with Crippen LogP contribution in [0.25, 0.3) is 11.0 Å². The number of aryl methyl sites for hydroxylation is 1. The van der Waals surface area contributed by atoms with Crippen LogP contribution in [0.2, 0.25) is 0 Å². The smallest absolute Gasteiger partial charge is 0.256 e. The van der Waals surface area contributed by atoms with Gasteiger partial charge >= 0.3 is 0 Å². The highest BCUT2D eigenvalue weighted by atomic mass is 32.2. The summed E-state index contributed by atoms with van der Waals surface area (Å²) in [6.45, 7) is 1.65. The van der Waals surface area contributed by atoms with Gasteiger partial charge in [0.25, 0.3) is 5.91 Å². The van der Waals surface area contributed by atoms with E-state index in [4.69, 9.17) is 5.14 Å². The van der Waals surface area contributed by atoms with Gasteiger partial charge in [-0.15, -0.1) is 0 Å². The largest absolute Gasteiger partial charge is 0.346 e. The van der Waals surface area contributed by atoms with Crippen molar-refractivity contribution in [3.8, 4) is 0 Å². The third kappa shape index (κ3) is 1.97. The molecule has 2 saturated heterocycles. The molecule has 3 unspecified atom stereocenters. The lowest BCUT2D eigenvalue weighted by Gasteiger charge is -2.52. The lowest BCUT2D eigenvalue weighted by atomic mass is 9.70. The van der Waals surface area contributed by atoms with Crippen molar-refractivity contribution in [3.05, 3.63) is 47.9 Å². The van der Waals surface area contributed by atoms with E-state index in [2.05, 4.69) is 19.9 Å². The summed E-state index contributed by atoms with van der Waals surface area (Å²) in [7, 11) is -3.81. The number of aromatic nitrogens is 3. The molecule has 1 amide bonds. The molecular weight excluding hydrogens is 392 g/mol. The normalized spacial score (nSPS) is 27.1. The first-order valence-corrected chi connectivity index (χ1v) is 10.9. The van der Waals surface area contributed by atoms with Crippen LogP contribution in [0.4, 0.5) is 5.82 Å². The number of carbonyl (C=O) groups excluding carboxylic acids is 1. The number of rotatable bonds is 3. The number of nitrogens with one attached hydrogen (secondary N) is 1. The third-order valence-corrected chi connectivity index (χ3v) is 7.66. The van der Waals surface area contributed by atoms with Crippen molar-refractivity contribution in [1.29, 1.82) is 0 Å². The van der Waals surface area contributed by atoms with E-state index in [-0.39, 0.29) is 28.5 Å². The van der Waals surface area contributed by atoms with Gasteiger partial charge in [-0.1, -0.05) is 0 Å². The molecule has 10 heteroatoms. The van der Waals surface area contributed by atoms with Crippen molar-refractivity contribution in [1.82, 2.24) is 19.9 Å². The summed E-state index contributed by atoms with van der Waals surface area (Å²) in [5.41, 5.74) is 1.60. The summed E-state index contributed by atoms with van der Waals surface area (Å²) >= 11 is 0. The predicted molar refractivity (Wildman–Crippen MR) is 105 cm³/mol. The van der Waals surface area contributed by atoms with Crippen molar-refractivity contribution in [2.75, 3.05) is 4.90 Å². The zero-order valence-corrected chi connectivity index (χ0v) is 16.3. The minimum absolute atomic E-state index is 0.0139. The molecule has 3 atom stereocenters. The number of amides is 1. The summed E-state index contributed by atoms with van der Waals surface area (Å²) in [5, 5.41) is 6.18. The van der Waals surface area contributed by atoms with Gasteiger partial charge in [0, 0.05) is 11.8 Å². The molecule has 3 aromatic rings. The molecule has 1 aliphatic carbocycles. The molecule has 3 aliphatic rings. The Morgan fingerprint density at radius 1 is 1.31 bits per heavy atom. The van der Waals surface area contributed by atoms with E-state index in [0.29, 0.717) is 11.1 Å². The molecule has 29 heavy (non-hydrogen) atoms. The molecule has 3 N–H and O–H groups in total. The fraction of sp³-hybridized carbons (Fsp3) is 0.316. The summed E-state index contributed by atoms with van der Waals surface area (Å²) in [4.78, 5) is 29.2. The second kappa shape index (κ2) is 5.14. The SMILES string of the molecule is Cc1cc(C(=O)N2C3N(c4ncnc5[nH]ccc45)C4CCC432)ccc1S(N)(=O)=O. The number of benzene rings is 1. The zero-order valence-electron chi connectivity index (χ0n) is 15.5. The summed E-state index contributed by atoms with van der Waals surface area (Å²) < 4.78 is 23.3. The molecule has 2 aromatic heterocycles. The number of H-pyrrole nitrogens is 1. The van der Waals surface area contributed by atoms with Crippen molar-refractivity contribution < 1.29 is 13.2 Å². The Bertz CT molecular complexity index is 1320. The third-order valence-electron chi connectivity index (χ3n) is 6.59. The summed E-state index contributed by atoms with van der Waals surface area (Å²) in [6.07, 6.45) is 5.35. The fourth-order valence-electron chi connectivity index (χ4n) is 5.18. The van der Waals surface area contributed by atoms with E-state index in [1.165, 1.54) is 18.5 Å². The number of aromatic amines is 1. The van der Waals surface area contributed by atoms with Crippen LogP contribution >= 0.6 is 0 Å². The van der Waals surface area contributed by atoms with Crippen LogP contribution in [-0.4, -0.2) is 51.9 Å². The average Bonchev–Trinajstić information content (AvgIpc) is 3.08. The molecule has 1 spiro atoms. The van der Waals surface area contributed by atoms with Crippen LogP contribution in [0.5, 0.6) is 0 Å². The topological polar surface area (TPSA) is 125 Å². The second-order valence-electron chi connectivity index (χ2n) is 7.96.